The van der Waals surface area contributed by atoms with E-state index in [1.807, 2.05) is 6.92 Å². The number of aliphatic hydroxyl groups is 1. The van der Waals surface area contributed by atoms with Crippen molar-refractivity contribution >= 4 is 0 Å². The third kappa shape index (κ3) is 2.62. The number of aliphatic hydroxyl groups excluding tert-OH is 1. The zero-order valence-electron chi connectivity index (χ0n) is 8.51. The molecule has 1 aliphatic carbocycles. The predicted molar refractivity (Wildman–Crippen MR) is 47.7 cm³/mol. The van der Waals surface area contributed by atoms with Gasteiger partial charge in [0.15, 0.2) is 6.10 Å². The molecule has 1 aliphatic rings. The Hall–Kier alpha value is -0.250. The van der Waals surface area contributed by atoms with Gasteiger partial charge >= 0.3 is 6.18 Å². The molecule has 14 heavy (non-hydrogen) atoms. The van der Waals surface area contributed by atoms with E-state index in [9.17, 15) is 13.2 Å². The fraction of sp³-hybridized carbons (Fsp3) is 1.00. The second kappa shape index (κ2) is 4.09. The normalized spacial score (nSPS) is 36.9. The molecule has 3 unspecified atom stereocenters. The maximum Gasteiger partial charge on any atom is 0.414 e. The zero-order chi connectivity index (χ0) is 10.9. The van der Waals surface area contributed by atoms with Crippen LogP contribution in [0.3, 0.4) is 0 Å². The maximum absolute atomic E-state index is 12.2. The minimum Gasteiger partial charge on any atom is -0.383 e. The summed E-state index contributed by atoms with van der Waals surface area (Å²) in [5, 5.41) is 9.09. The summed E-state index contributed by atoms with van der Waals surface area (Å²) in [5.41, 5.74) is 0. The van der Waals surface area contributed by atoms with Crippen LogP contribution in [-0.4, -0.2) is 17.4 Å². The van der Waals surface area contributed by atoms with Crippen molar-refractivity contribution in [3.8, 4) is 0 Å². The molecular weight excluding hydrogens is 193 g/mol. The molecule has 0 aliphatic heterocycles. The van der Waals surface area contributed by atoms with Gasteiger partial charge in [0.2, 0.25) is 0 Å². The van der Waals surface area contributed by atoms with Gasteiger partial charge < -0.3 is 5.11 Å². The molecule has 0 heterocycles. The fourth-order valence-electron chi connectivity index (χ4n) is 2.14. The third-order valence-electron chi connectivity index (χ3n) is 3.42. The Labute approximate surface area is 82.3 Å². The molecule has 0 aromatic carbocycles. The van der Waals surface area contributed by atoms with Crippen molar-refractivity contribution in [3.05, 3.63) is 0 Å². The number of alkyl halides is 3. The molecule has 1 nitrogen and oxygen atoms in total. The summed E-state index contributed by atoms with van der Waals surface area (Å²) in [6.45, 7) is 4.01. The van der Waals surface area contributed by atoms with E-state index in [-0.39, 0.29) is 5.92 Å². The molecule has 1 fully saturated rings. The molecule has 0 radical (unpaired) electrons. The summed E-state index contributed by atoms with van der Waals surface area (Å²) in [4.78, 5) is 0. The summed E-state index contributed by atoms with van der Waals surface area (Å²) < 4.78 is 36.6. The first kappa shape index (κ1) is 11.8. The summed E-state index contributed by atoms with van der Waals surface area (Å²) in [5.74, 6) is 0.165. The summed E-state index contributed by atoms with van der Waals surface area (Å²) in [7, 11) is 0. The molecule has 4 heteroatoms. The molecular formula is C10H17F3O. The van der Waals surface area contributed by atoms with Gasteiger partial charge in [-0.2, -0.15) is 13.2 Å². The Balaban J connectivity index is 2.55. The van der Waals surface area contributed by atoms with Gasteiger partial charge in [-0.1, -0.05) is 20.3 Å². The van der Waals surface area contributed by atoms with Gasteiger partial charge in [-0.05, 0) is 30.6 Å². The second-order valence-corrected chi connectivity index (χ2v) is 4.51. The lowest BCUT2D eigenvalue weighted by Gasteiger charge is -2.35. The molecule has 0 saturated heterocycles. The fourth-order valence-corrected chi connectivity index (χ4v) is 2.14. The Morgan fingerprint density at radius 3 is 2.14 bits per heavy atom. The van der Waals surface area contributed by atoms with Gasteiger partial charge in [-0.25, -0.2) is 0 Å². The number of halogens is 3. The van der Waals surface area contributed by atoms with Gasteiger partial charge in [0.05, 0.1) is 0 Å². The average Bonchev–Trinajstić information content (AvgIpc) is 2.07. The van der Waals surface area contributed by atoms with Crippen molar-refractivity contribution < 1.29 is 18.3 Å². The molecule has 4 atom stereocenters. The molecule has 0 aromatic heterocycles. The summed E-state index contributed by atoms with van der Waals surface area (Å²) in [6, 6.07) is 0. The Bertz CT molecular complexity index is 190. The first-order valence-corrected chi connectivity index (χ1v) is 5.07. The van der Waals surface area contributed by atoms with Gasteiger partial charge in [0.1, 0.15) is 0 Å². The van der Waals surface area contributed by atoms with Gasteiger partial charge in [0, 0.05) is 0 Å². The lowest BCUT2D eigenvalue weighted by atomic mass is 9.74. The van der Waals surface area contributed by atoms with Crippen LogP contribution in [0.1, 0.15) is 33.1 Å². The number of hydrogen-bond acceptors (Lipinski definition) is 1. The minimum absolute atomic E-state index is 0.283. The van der Waals surface area contributed by atoms with Crippen LogP contribution in [0.2, 0.25) is 0 Å². The van der Waals surface area contributed by atoms with E-state index in [1.165, 1.54) is 0 Å². The first-order chi connectivity index (χ1) is 6.32. The lowest BCUT2D eigenvalue weighted by Crippen LogP contribution is -2.39. The Morgan fingerprint density at radius 1 is 1.14 bits per heavy atom. The van der Waals surface area contributed by atoms with E-state index < -0.39 is 18.2 Å². The Kier molecular flexibility index (Phi) is 3.45. The predicted octanol–water partition coefficient (Wildman–Crippen LogP) is 2.98. The van der Waals surface area contributed by atoms with E-state index in [0.29, 0.717) is 18.8 Å². The van der Waals surface area contributed by atoms with Crippen LogP contribution in [0, 0.1) is 17.8 Å². The van der Waals surface area contributed by atoms with Crippen LogP contribution in [-0.2, 0) is 0 Å². The molecule has 1 saturated carbocycles. The van der Waals surface area contributed by atoms with Gasteiger partial charge in [-0.15, -0.1) is 0 Å². The van der Waals surface area contributed by atoms with E-state index in [4.69, 9.17) is 5.11 Å². The molecule has 0 aromatic rings. The van der Waals surface area contributed by atoms with Crippen LogP contribution in [0.15, 0.2) is 0 Å². The van der Waals surface area contributed by atoms with E-state index in [1.54, 1.807) is 0 Å². The number of hydrogen-bond donors (Lipinski definition) is 1. The molecule has 0 amide bonds. The van der Waals surface area contributed by atoms with Crippen LogP contribution in [0.4, 0.5) is 13.2 Å². The van der Waals surface area contributed by atoms with E-state index in [2.05, 4.69) is 6.92 Å². The van der Waals surface area contributed by atoms with Crippen molar-refractivity contribution in [1.82, 2.24) is 0 Å². The summed E-state index contributed by atoms with van der Waals surface area (Å²) in [6.07, 6.45) is -4.81. The van der Waals surface area contributed by atoms with Gasteiger partial charge in [0.25, 0.3) is 0 Å². The van der Waals surface area contributed by atoms with Gasteiger partial charge in [-0.3, -0.25) is 0 Å². The SMILES string of the molecule is CC1CCC([C@H](O)C(F)(F)F)CC1C. The third-order valence-corrected chi connectivity index (χ3v) is 3.42. The van der Waals surface area contributed by atoms with Crippen molar-refractivity contribution in [2.45, 2.75) is 45.4 Å². The van der Waals surface area contributed by atoms with Crippen LogP contribution >= 0.6 is 0 Å². The largest absolute Gasteiger partial charge is 0.414 e. The van der Waals surface area contributed by atoms with Crippen LogP contribution in [0.25, 0.3) is 0 Å². The zero-order valence-corrected chi connectivity index (χ0v) is 8.51. The highest BCUT2D eigenvalue weighted by Crippen LogP contribution is 2.39. The monoisotopic (exact) mass is 210 g/mol. The van der Waals surface area contributed by atoms with Crippen LogP contribution < -0.4 is 0 Å². The van der Waals surface area contributed by atoms with Crippen molar-refractivity contribution in [1.29, 1.82) is 0 Å². The summed E-state index contributed by atoms with van der Waals surface area (Å²) >= 11 is 0. The highest BCUT2D eigenvalue weighted by molar-refractivity contribution is 4.82. The Morgan fingerprint density at radius 2 is 1.71 bits per heavy atom. The van der Waals surface area contributed by atoms with E-state index in [0.717, 1.165) is 6.42 Å². The van der Waals surface area contributed by atoms with Crippen LogP contribution in [0.5, 0.6) is 0 Å². The minimum atomic E-state index is -4.45. The molecule has 1 rings (SSSR count). The highest BCUT2D eigenvalue weighted by Gasteiger charge is 2.44. The number of rotatable bonds is 1. The van der Waals surface area contributed by atoms with Crippen molar-refractivity contribution in [3.63, 3.8) is 0 Å². The van der Waals surface area contributed by atoms with E-state index >= 15 is 0 Å². The highest BCUT2D eigenvalue weighted by atomic mass is 19.4. The smallest absolute Gasteiger partial charge is 0.383 e. The topological polar surface area (TPSA) is 20.2 Å². The second-order valence-electron chi connectivity index (χ2n) is 4.51. The standard InChI is InChI=1S/C10H17F3O/c1-6-3-4-8(5-7(6)2)9(14)10(11,12)13/h6-9,14H,3-5H2,1-2H3/t6?,7?,8?,9-/m0/s1. The maximum atomic E-state index is 12.2. The lowest BCUT2D eigenvalue weighted by molar-refractivity contribution is -0.224. The molecule has 84 valence electrons. The average molecular weight is 210 g/mol. The molecule has 0 spiro atoms. The quantitative estimate of drug-likeness (QED) is 0.705. The molecule has 0 bridgehead atoms. The first-order valence-electron chi connectivity index (χ1n) is 5.07. The molecule has 1 N–H and O–H groups in total. The van der Waals surface area contributed by atoms with Crippen molar-refractivity contribution in [2.24, 2.45) is 17.8 Å². The van der Waals surface area contributed by atoms with Crippen molar-refractivity contribution in [2.75, 3.05) is 0 Å².